The predicted molar refractivity (Wildman–Crippen MR) is 79.9 cm³/mol. The Kier molecular flexibility index (Phi) is 2.85. The molecule has 20 heavy (non-hydrogen) atoms. The standard InChI is InChI=1S/C16H21N3O/c1-16(2,3)18-15(20)11-7-8-13-12(9-11)17-14(19(13)4)10-5-6-10/h7-10H,5-6H2,1-4H3,(H,18,20). The number of rotatable bonds is 2. The van der Waals surface area contributed by atoms with Gasteiger partial charge in [0.05, 0.1) is 11.0 Å². The maximum absolute atomic E-state index is 12.2. The molecule has 2 aromatic rings. The zero-order valence-corrected chi connectivity index (χ0v) is 12.5. The summed E-state index contributed by atoms with van der Waals surface area (Å²) in [7, 11) is 2.05. The Bertz CT molecular complexity index is 675. The molecule has 0 radical (unpaired) electrons. The third kappa shape index (κ3) is 2.42. The number of amides is 1. The summed E-state index contributed by atoms with van der Waals surface area (Å²) in [6.45, 7) is 5.94. The maximum Gasteiger partial charge on any atom is 0.251 e. The van der Waals surface area contributed by atoms with E-state index in [1.807, 2.05) is 39.0 Å². The quantitative estimate of drug-likeness (QED) is 0.912. The average molecular weight is 271 g/mol. The summed E-state index contributed by atoms with van der Waals surface area (Å²) in [4.78, 5) is 16.9. The van der Waals surface area contributed by atoms with Gasteiger partial charge in [-0.25, -0.2) is 4.98 Å². The predicted octanol–water partition coefficient (Wildman–Crippen LogP) is 2.98. The van der Waals surface area contributed by atoms with Gasteiger partial charge >= 0.3 is 0 Å². The van der Waals surface area contributed by atoms with Crippen molar-refractivity contribution < 1.29 is 4.79 Å². The van der Waals surface area contributed by atoms with Crippen molar-refractivity contribution in [3.63, 3.8) is 0 Å². The Balaban J connectivity index is 1.96. The minimum atomic E-state index is -0.227. The minimum Gasteiger partial charge on any atom is -0.347 e. The summed E-state index contributed by atoms with van der Waals surface area (Å²) in [6, 6.07) is 5.76. The second kappa shape index (κ2) is 4.33. The molecule has 0 unspecified atom stereocenters. The van der Waals surface area contributed by atoms with Crippen molar-refractivity contribution in [2.24, 2.45) is 7.05 Å². The van der Waals surface area contributed by atoms with E-state index in [1.54, 1.807) is 0 Å². The molecule has 1 aliphatic rings. The molecule has 1 saturated carbocycles. The lowest BCUT2D eigenvalue weighted by Gasteiger charge is -2.20. The molecule has 0 bridgehead atoms. The largest absolute Gasteiger partial charge is 0.347 e. The van der Waals surface area contributed by atoms with Crippen LogP contribution in [-0.4, -0.2) is 21.0 Å². The second-order valence-corrected chi connectivity index (χ2v) is 6.71. The van der Waals surface area contributed by atoms with Gasteiger partial charge in [-0.1, -0.05) is 0 Å². The number of aryl methyl sites for hydroxylation is 1. The number of aromatic nitrogens is 2. The van der Waals surface area contributed by atoms with E-state index in [0.717, 1.165) is 16.9 Å². The monoisotopic (exact) mass is 271 g/mol. The third-order valence-corrected chi connectivity index (χ3v) is 3.61. The van der Waals surface area contributed by atoms with Gasteiger partial charge in [0.25, 0.3) is 5.91 Å². The normalized spacial score (nSPS) is 15.6. The van der Waals surface area contributed by atoms with E-state index < -0.39 is 0 Å². The molecule has 1 aromatic carbocycles. The Labute approximate surface area is 119 Å². The van der Waals surface area contributed by atoms with E-state index in [-0.39, 0.29) is 11.4 Å². The highest BCUT2D eigenvalue weighted by Crippen LogP contribution is 2.40. The highest BCUT2D eigenvalue weighted by Gasteiger charge is 2.28. The van der Waals surface area contributed by atoms with Crippen LogP contribution in [0, 0.1) is 0 Å². The molecule has 4 heteroatoms. The zero-order valence-electron chi connectivity index (χ0n) is 12.5. The van der Waals surface area contributed by atoms with Gasteiger partial charge in [-0.3, -0.25) is 4.79 Å². The van der Waals surface area contributed by atoms with Crippen LogP contribution in [0.2, 0.25) is 0 Å². The second-order valence-electron chi connectivity index (χ2n) is 6.71. The summed E-state index contributed by atoms with van der Waals surface area (Å²) in [6.07, 6.45) is 2.46. The SMILES string of the molecule is Cn1c(C2CC2)nc2cc(C(=O)NC(C)(C)C)ccc21. The van der Waals surface area contributed by atoms with E-state index >= 15 is 0 Å². The molecule has 0 spiro atoms. The number of fused-ring (bicyclic) bond motifs is 1. The number of hydrogen-bond donors (Lipinski definition) is 1. The number of nitrogens with zero attached hydrogens (tertiary/aromatic N) is 2. The van der Waals surface area contributed by atoms with Gasteiger partial charge in [0.15, 0.2) is 0 Å². The summed E-state index contributed by atoms with van der Waals surface area (Å²) < 4.78 is 2.15. The van der Waals surface area contributed by atoms with Gasteiger partial charge in [-0.15, -0.1) is 0 Å². The molecular weight excluding hydrogens is 250 g/mol. The number of hydrogen-bond acceptors (Lipinski definition) is 2. The van der Waals surface area contributed by atoms with Gasteiger partial charge in [0.1, 0.15) is 5.82 Å². The van der Waals surface area contributed by atoms with Gasteiger partial charge in [0.2, 0.25) is 0 Å². The van der Waals surface area contributed by atoms with E-state index in [1.165, 1.54) is 12.8 Å². The van der Waals surface area contributed by atoms with Crippen molar-refractivity contribution in [1.29, 1.82) is 0 Å². The van der Waals surface area contributed by atoms with E-state index in [2.05, 4.69) is 16.9 Å². The van der Waals surface area contributed by atoms with Crippen molar-refractivity contribution in [2.75, 3.05) is 0 Å². The lowest BCUT2D eigenvalue weighted by molar-refractivity contribution is 0.0919. The number of benzene rings is 1. The average Bonchev–Trinajstić information content (AvgIpc) is 3.13. The fourth-order valence-corrected chi connectivity index (χ4v) is 2.48. The van der Waals surface area contributed by atoms with Crippen LogP contribution in [0.1, 0.15) is 55.7 Å². The molecule has 0 aliphatic heterocycles. The molecule has 1 fully saturated rings. The number of imidazole rings is 1. The molecule has 1 N–H and O–H groups in total. The first-order valence-corrected chi connectivity index (χ1v) is 7.14. The summed E-state index contributed by atoms with van der Waals surface area (Å²) in [5.74, 6) is 1.71. The van der Waals surface area contributed by atoms with Crippen molar-refractivity contribution in [3.05, 3.63) is 29.6 Å². The van der Waals surface area contributed by atoms with Crippen molar-refractivity contribution in [2.45, 2.75) is 45.1 Å². The van der Waals surface area contributed by atoms with Crippen molar-refractivity contribution in [3.8, 4) is 0 Å². The number of nitrogens with one attached hydrogen (secondary N) is 1. The van der Waals surface area contributed by atoms with Crippen LogP contribution in [0.25, 0.3) is 11.0 Å². The Morgan fingerprint density at radius 3 is 2.65 bits per heavy atom. The summed E-state index contributed by atoms with van der Waals surface area (Å²) in [5.41, 5.74) is 2.46. The molecule has 1 aliphatic carbocycles. The zero-order chi connectivity index (χ0) is 14.5. The van der Waals surface area contributed by atoms with Crippen LogP contribution in [0.15, 0.2) is 18.2 Å². The molecule has 1 aromatic heterocycles. The van der Waals surface area contributed by atoms with Crippen LogP contribution >= 0.6 is 0 Å². The van der Waals surface area contributed by atoms with Crippen LogP contribution in [0.3, 0.4) is 0 Å². The van der Waals surface area contributed by atoms with Crippen LogP contribution in [-0.2, 0) is 7.05 Å². The van der Waals surface area contributed by atoms with Crippen molar-refractivity contribution in [1.82, 2.24) is 14.9 Å². The summed E-state index contributed by atoms with van der Waals surface area (Å²) >= 11 is 0. The van der Waals surface area contributed by atoms with Gasteiger partial charge in [-0.2, -0.15) is 0 Å². The first kappa shape index (κ1) is 13.2. The molecule has 0 atom stereocenters. The first-order valence-electron chi connectivity index (χ1n) is 7.14. The Morgan fingerprint density at radius 2 is 2.05 bits per heavy atom. The topological polar surface area (TPSA) is 46.9 Å². The van der Waals surface area contributed by atoms with E-state index in [9.17, 15) is 4.79 Å². The third-order valence-electron chi connectivity index (χ3n) is 3.61. The Morgan fingerprint density at radius 1 is 1.35 bits per heavy atom. The van der Waals surface area contributed by atoms with Gasteiger partial charge < -0.3 is 9.88 Å². The van der Waals surface area contributed by atoms with Gasteiger partial charge in [-0.05, 0) is 51.8 Å². The fourth-order valence-electron chi connectivity index (χ4n) is 2.48. The van der Waals surface area contributed by atoms with Crippen molar-refractivity contribution >= 4 is 16.9 Å². The smallest absolute Gasteiger partial charge is 0.251 e. The number of carbonyl (C=O) groups excluding carboxylic acids is 1. The fraction of sp³-hybridized carbons (Fsp3) is 0.500. The number of carbonyl (C=O) groups is 1. The molecule has 106 valence electrons. The maximum atomic E-state index is 12.2. The first-order chi connectivity index (χ1) is 9.35. The van der Waals surface area contributed by atoms with Crippen LogP contribution in [0.4, 0.5) is 0 Å². The molecule has 4 nitrogen and oxygen atoms in total. The van der Waals surface area contributed by atoms with E-state index in [4.69, 9.17) is 4.98 Å². The van der Waals surface area contributed by atoms with Crippen LogP contribution < -0.4 is 5.32 Å². The summed E-state index contributed by atoms with van der Waals surface area (Å²) in [5, 5.41) is 2.98. The highest BCUT2D eigenvalue weighted by molar-refractivity contribution is 5.97. The minimum absolute atomic E-state index is 0.0435. The lowest BCUT2D eigenvalue weighted by Crippen LogP contribution is -2.40. The highest BCUT2D eigenvalue weighted by atomic mass is 16.1. The molecule has 1 heterocycles. The molecule has 3 rings (SSSR count). The van der Waals surface area contributed by atoms with Gasteiger partial charge in [0, 0.05) is 24.1 Å². The molecular formula is C16H21N3O. The molecule has 1 amide bonds. The molecule has 0 saturated heterocycles. The lowest BCUT2D eigenvalue weighted by atomic mass is 10.1. The Hall–Kier alpha value is -1.84. The van der Waals surface area contributed by atoms with E-state index in [0.29, 0.717) is 11.5 Å². The van der Waals surface area contributed by atoms with Crippen LogP contribution in [0.5, 0.6) is 0 Å².